The molecule has 1 saturated heterocycles. The van der Waals surface area contributed by atoms with E-state index in [0.717, 1.165) is 62.2 Å². The predicted molar refractivity (Wildman–Crippen MR) is 107 cm³/mol. The highest BCUT2D eigenvalue weighted by Gasteiger charge is 2.51. The summed E-state index contributed by atoms with van der Waals surface area (Å²) in [6.07, 6.45) is 8.58. The van der Waals surface area contributed by atoms with Crippen molar-refractivity contribution in [2.24, 2.45) is 5.92 Å². The highest BCUT2D eigenvalue weighted by atomic mass is 16.2. The van der Waals surface area contributed by atoms with Crippen molar-refractivity contribution in [1.29, 1.82) is 0 Å². The average Bonchev–Trinajstić information content (AvgIpc) is 3.50. The van der Waals surface area contributed by atoms with Gasteiger partial charge in [-0.25, -0.2) is 4.98 Å². The van der Waals surface area contributed by atoms with Crippen LogP contribution in [0.25, 0.3) is 0 Å². The number of aromatic nitrogens is 3. The molecule has 1 N–H and O–H groups in total. The molecule has 1 saturated carbocycles. The van der Waals surface area contributed by atoms with Crippen LogP contribution in [0, 0.1) is 5.92 Å². The van der Waals surface area contributed by atoms with Gasteiger partial charge >= 0.3 is 0 Å². The molecule has 5 rings (SSSR count). The Bertz CT molecular complexity index is 940. The maximum absolute atomic E-state index is 13.1. The second kappa shape index (κ2) is 6.97. The standard InChI is InChI=1S/C22H27N5O2/c1-2-17-13-16(5-9-23-17)20(28)26-11-7-22(8-12-26)19-18(24-14-25-19)6-10-27(22)21(29)15-3-4-15/h5,9,13-15H,2-4,6-8,10-12H2,1H3,(H,24,25). The van der Waals surface area contributed by atoms with E-state index < -0.39 is 0 Å². The Balaban J connectivity index is 1.39. The largest absolute Gasteiger partial charge is 0.348 e. The van der Waals surface area contributed by atoms with Gasteiger partial charge in [0, 0.05) is 55.1 Å². The Morgan fingerprint density at radius 2 is 2.00 bits per heavy atom. The van der Waals surface area contributed by atoms with Crippen molar-refractivity contribution in [3.05, 3.63) is 47.3 Å². The highest BCUT2D eigenvalue weighted by molar-refractivity contribution is 5.94. The van der Waals surface area contributed by atoms with Gasteiger partial charge in [0.05, 0.1) is 17.6 Å². The van der Waals surface area contributed by atoms with Crippen molar-refractivity contribution in [2.45, 2.75) is 51.0 Å². The van der Waals surface area contributed by atoms with E-state index in [0.29, 0.717) is 18.7 Å². The molecule has 7 heteroatoms. The molecule has 0 aromatic carbocycles. The van der Waals surface area contributed by atoms with Gasteiger partial charge in [0.2, 0.25) is 5.91 Å². The van der Waals surface area contributed by atoms with Gasteiger partial charge in [-0.1, -0.05) is 6.92 Å². The summed E-state index contributed by atoms with van der Waals surface area (Å²) in [5.41, 5.74) is 3.41. The number of rotatable bonds is 3. The number of imidazole rings is 1. The fraction of sp³-hybridized carbons (Fsp3) is 0.545. The van der Waals surface area contributed by atoms with Crippen molar-refractivity contribution in [1.82, 2.24) is 24.8 Å². The zero-order chi connectivity index (χ0) is 20.0. The van der Waals surface area contributed by atoms with Crippen LogP contribution in [-0.4, -0.2) is 56.2 Å². The number of hydrogen-bond acceptors (Lipinski definition) is 4. The topological polar surface area (TPSA) is 82.2 Å². The summed E-state index contributed by atoms with van der Waals surface area (Å²) in [6, 6.07) is 3.68. The fourth-order valence-corrected chi connectivity index (χ4v) is 4.92. The van der Waals surface area contributed by atoms with Gasteiger partial charge in [-0.15, -0.1) is 0 Å². The molecule has 2 aromatic heterocycles. The van der Waals surface area contributed by atoms with E-state index in [1.165, 1.54) is 0 Å². The van der Waals surface area contributed by atoms with E-state index in [2.05, 4.69) is 19.9 Å². The lowest BCUT2D eigenvalue weighted by atomic mass is 9.78. The molecular formula is C22H27N5O2. The number of carbonyl (C=O) groups excluding carboxylic acids is 2. The minimum Gasteiger partial charge on any atom is -0.348 e. The number of fused-ring (bicyclic) bond motifs is 2. The lowest BCUT2D eigenvalue weighted by Crippen LogP contribution is -2.59. The maximum Gasteiger partial charge on any atom is 0.253 e. The van der Waals surface area contributed by atoms with E-state index in [9.17, 15) is 9.59 Å². The molecule has 2 fully saturated rings. The second-order valence-corrected chi connectivity index (χ2v) is 8.46. The number of piperidine rings is 1. The minimum absolute atomic E-state index is 0.0510. The molecule has 152 valence electrons. The van der Waals surface area contributed by atoms with Gasteiger partial charge in [-0.3, -0.25) is 14.6 Å². The molecule has 29 heavy (non-hydrogen) atoms. The normalized spacial score (nSPS) is 20.6. The van der Waals surface area contributed by atoms with E-state index in [1.807, 2.05) is 17.9 Å². The Morgan fingerprint density at radius 1 is 1.21 bits per heavy atom. The Labute approximate surface area is 170 Å². The molecule has 3 aliphatic rings. The summed E-state index contributed by atoms with van der Waals surface area (Å²) >= 11 is 0. The molecule has 7 nitrogen and oxygen atoms in total. The molecule has 0 bridgehead atoms. The van der Waals surface area contributed by atoms with Crippen LogP contribution >= 0.6 is 0 Å². The van der Waals surface area contributed by atoms with Crippen LogP contribution in [-0.2, 0) is 23.2 Å². The monoisotopic (exact) mass is 393 g/mol. The number of nitrogens with zero attached hydrogens (tertiary/aromatic N) is 4. The first-order chi connectivity index (χ1) is 14.1. The Hall–Kier alpha value is -2.70. The van der Waals surface area contributed by atoms with E-state index >= 15 is 0 Å². The molecule has 0 unspecified atom stereocenters. The van der Waals surface area contributed by atoms with Crippen LogP contribution in [0.3, 0.4) is 0 Å². The molecule has 4 heterocycles. The number of likely N-dealkylation sites (tertiary alicyclic amines) is 1. The number of carbonyl (C=O) groups is 2. The molecule has 2 amide bonds. The summed E-state index contributed by atoms with van der Waals surface area (Å²) in [5.74, 6) is 0.520. The van der Waals surface area contributed by atoms with Crippen molar-refractivity contribution in [2.75, 3.05) is 19.6 Å². The van der Waals surface area contributed by atoms with Gasteiger partial charge in [-0.2, -0.15) is 0 Å². The number of aryl methyl sites for hydroxylation is 1. The van der Waals surface area contributed by atoms with Crippen molar-refractivity contribution < 1.29 is 9.59 Å². The number of amides is 2. The molecule has 0 radical (unpaired) electrons. The van der Waals surface area contributed by atoms with Crippen LogP contribution < -0.4 is 0 Å². The van der Waals surface area contributed by atoms with E-state index in [1.54, 1.807) is 18.6 Å². The zero-order valence-corrected chi connectivity index (χ0v) is 16.9. The first kappa shape index (κ1) is 18.3. The van der Waals surface area contributed by atoms with Crippen LogP contribution in [0.1, 0.15) is 60.0 Å². The first-order valence-electron chi connectivity index (χ1n) is 10.7. The third-order valence-electron chi connectivity index (χ3n) is 6.76. The van der Waals surface area contributed by atoms with Gasteiger partial charge in [-0.05, 0) is 44.2 Å². The zero-order valence-electron chi connectivity index (χ0n) is 16.9. The molecule has 0 atom stereocenters. The summed E-state index contributed by atoms with van der Waals surface area (Å²) in [7, 11) is 0. The van der Waals surface area contributed by atoms with Crippen molar-refractivity contribution in [3.8, 4) is 0 Å². The molecule has 1 spiro atoms. The maximum atomic E-state index is 13.1. The summed E-state index contributed by atoms with van der Waals surface area (Å²) in [6.45, 7) is 4.03. The first-order valence-corrected chi connectivity index (χ1v) is 10.7. The van der Waals surface area contributed by atoms with Crippen molar-refractivity contribution in [3.63, 3.8) is 0 Å². The Kier molecular flexibility index (Phi) is 4.41. The fourth-order valence-electron chi connectivity index (χ4n) is 4.92. The van der Waals surface area contributed by atoms with Gasteiger partial charge in [0.15, 0.2) is 0 Å². The number of H-pyrrole nitrogens is 1. The lowest BCUT2D eigenvalue weighted by Gasteiger charge is -2.50. The molecular weight excluding hydrogens is 366 g/mol. The summed E-state index contributed by atoms with van der Waals surface area (Å²) in [5, 5.41) is 0. The smallest absolute Gasteiger partial charge is 0.253 e. The average molecular weight is 393 g/mol. The lowest BCUT2D eigenvalue weighted by molar-refractivity contribution is -0.143. The number of pyridine rings is 1. The second-order valence-electron chi connectivity index (χ2n) is 8.46. The number of nitrogens with one attached hydrogen (secondary N) is 1. The van der Waals surface area contributed by atoms with Gasteiger partial charge in [0.1, 0.15) is 0 Å². The SMILES string of the molecule is CCc1cc(C(=O)N2CCC3(CC2)c2nc[nH]c2CCN3C(=O)C2CC2)ccn1. The van der Waals surface area contributed by atoms with Crippen LogP contribution in [0.5, 0.6) is 0 Å². The third kappa shape index (κ3) is 3.03. The summed E-state index contributed by atoms with van der Waals surface area (Å²) < 4.78 is 0. The van der Waals surface area contributed by atoms with E-state index in [-0.39, 0.29) is 23.3 Å². The Morgan fingerprint density at radius 3 is 2.72 bits per heavy atom. The molecule has 1 aliphatic carbocycles. The highest BCUT2D eigenvalue weighted by Crippen LogP contribution is 2.45. The third-order valence-corrected chi connectivity index (χ3v) is 6.76. The number of aromatic amines is 1. The van der Waals surface area contributed by atoms with Gasteiger partial charge in [0.25, 0.3) is 5.91 Å². The van der Waals surface area contributed by atoms with Crippen LogP contribution in [0.15, 0.2) is 24.7 Å². The molecule has 2 aromatic rings. The van der Waals surface area contributed by atoms with Crippen LogP contribution in [0.4, 0.5) is 0 Å². The van der Waals surface area contributed by atoms with Crippen LogP contribution in [0.2, 0.25) is 0 Å². The van der Waals surface area contributed by atoms with Crippen molar-refractivity contribution >= 4 is 11.8 Å². The van der Waals surface area contributed by atoms with Gasteiger partial charge < -0.3 is 14.8 Å². The quantitative estimate of drug-likeness (QED) is 0.867. The van der Waals surface area contributed by atoms with E-state index in [4.69, 9.17) is 0 Å². The number of hydrogen-bond donors (Lipinski definition) is 1. The summed E-state index contributed by atoms with van der Waals surface area (Å²) in [4.78, 5) is 42.4. The minimum atomic E-state index is -0.378. The molecule has 2 aliphatic heterocycles. The predicted octanol–water partition coefficient (Wildman–Crippen LogP) is 2.29.